The van der Waals surface area contributed by atoms with Gasteiger partial charge in [-0.05, 0) is 26.0 Å². The number of carbonyl (C=O) groups excluding carboxylic acids is 1. The Kier molecular flexibility index (Phi) is 4.45. The Morgan fingerprint density at radius 3 is 2.35 bits per heavy atom. The van der Waals surface area contributed by atoms with Gasteiger partial charge in [0.25, 0.3) is 5.89 Å². The maximum absolute atomic E-state index is 12.5. The molecule has 1 aromatic carbocycles. The molecule has 0 spiro atoms. The molecule has 3 rings (SSSR count). The Balaban J connectivity index is 1.71. The van der Waals surface area contributed by atoms with Crippen molar-refractivity contribution >= 4 is 5.97 Å². The van der Waals surface area contributed by atoms with E-state index in [1.807, 2.05) is 0 Å². The molecular formula is C15H11F3N4O4. The molecule has 0 N–H and O–H groups in total. The number of alkyl halides is 3. The molecule has 1 atom stereocenters. The highest BCUT2D eigenvalue weighted by Crippen LogP contribution is 2.29. The molecule has 0 fully saturated rings. The molecule has 136 valence electrons. The number of aryl methyl sites for hydroxylation is 1. The van der Waals surface area contributed by atoms with E-state index in [4.69, 9.17) is 9.26 Å². The number of hydrogen-bond donors (Lipinski definition) is 0. The van der Waals surface area contributed by atoms with Crippen LogP contribution in [0.5, 0.6) is 0 Å². The summed E-state index contributed by atoms with van der Waals surface area (Å²) in [7, 11) is 0. The maximum Gasteiger partial charge on any atom is 0.471 e. The van der Waals surface area contributed by atoms with E-state index in [1.54, 1.807) is 13.8 Å². The Morgan fingerprint density at radius 1 is 1.12 bits per heavy atom. The molecule has 0 bridgehead atoms. The van der Waals surface area contributed by atoms with Crippen LogP contribution in [0.1, 0.15) is 41.0 Å². The van der Waals surface area contributed by atoms with E-state index in [9.17, 15) is 18.0 Å². The van der Waals surface area contributed by atoms with Gasteiger partial charge in [0.2, 0.25) is 5.82 Å². The van der Waals surface area contributed by atoms with Crippen molar-refractivity contribution in [3.05, 3.63) is 47.4 Å². The lowest BCUT2D eigenvalue weighted by molar-refractivity contribution is -0.159. The quantitative estimate of drug-likeness (QED) is 0.646. The average Bonchev–Trinajstić information content (AvgIpc) is 3.23. The summed E-state index contributed by atoms with van der Waals surface area (Å²) in [5.74, 6) is -1.79. The summed E-state index contributed by atoms with van der Waals surface area (Å²) >= 11 is 0. The largest absolute Gasteiger partial charge is 0.471 e. The van der Waals surface area contributed by atoms with Crippen molar-refractivity contribution in [1.29, 1.82) is 0 Å². The number of aromatic nitrogens is 4. The zero-order valence-electron chi connectivity index (χ0n) is 13.4. The van der Waals surface area contributed by atoms with Gasteiger partial charge in [0, 0.05) is 5.56 Å². The Morgan fingerprint density at radius 2 is 1.81 bits per heavy atom. The molecular weight excluding hydrogens is 357 g/mol. The third kappa shape index (κ3) is 3.71. The summed E-state index contributed by atoms with van der Waals surface area (Å²) in [5.41, 5.74) is 0.428. The third-order valence-electron chi connectivity index (χ3n) is 3.22. The monoisotopic (exact) mass is 368 g/mol. The Hall–Kier alpha value is -3.24. The second-order valence-corrected chi connectivity index (χ2v) is 5.23. The molecule has 0 amide bonds. The SMILES string of the molecule is Cc1noc([C@@H](C)OC(=O)c2ccc(-c3noc(C(F)(F)F)n3)cc2)n1. The summed E-state index contributed by atoms with van der Waals surface area (Å²) in [6.45, 7) is 3.19. The zero-order chi connectivity index (χ0) is 18.9. The van der Waals surface area contributed by atoms with Crippen molar-refractivity contribution in [1.82, 2.24) is 20.3 Å². The fourth-order valence-electron chi connectivity index (χ4n) is 1.97. The van der Waals surface area contributed by atoms with Gasteiger partial charge in [0.1, 0.15) is 0 Å². The number of nitrogens with zero attached hydrogens (tertiary/aromatic N) is 4. The molecule has 0 aliphatic heterocycles. The van der Waals surface area contributed by atoms with E-state index in [1.165, 1.54) is 24.3 Å². The van der Waals surface area contributed by atoms with Crippen molar-refractivity contribution in [2.75, 3.05) is 0 Å². The van der Waals surface area contributed by atoms with E-state index < -0.39 is 24.1 Å². The van der Waals surface area contributed by atoms with Gasteiger partial charge in [-0.15, -0.1) is 0 Å². The molecule has 0 saturated heterocycles. The minimum atomic E-state index is -4.72. The van der Waals surface area contributed by atoms with Gasteiger partial charge in [0.15, 0.2) is 11.9 Å². The first-order valence-electron chi connectivity index (χ1n) is 7.26. The zero-order valence-corrected chi connectivity index (χ0v) is 13.4. The van der Waals surface area contributed by atoms with Crippen LogP contribution < -0.4 is 0 Å². The number of benzene rings is 1. The van der Waals surface area contributed by atoms with Crippen LogP contribution in [0.15, 0.2) is 33.3 Å². The lowest BCUT2D eigenvalue weighted by atomic mass is 10.1. The molecule has 8 nitrogen and oxygen atoms in total. The maximum atomic E-state index is 12.5. The minimum Gasteiger partial charge on any atom is -0.449 e. The van der Waals surface area contributed by atoms with Gasteiger partial charge in [-0.25, -0.2) is 4.79 Å². The highest BCUT2D eigenvalue weighted by atomic mass is 19.4. The summed E-state index contributed by atoms with van der Waals surface area (Å²) in [6.07, 6.45) is -5.48. The highest BCUT2D eigenvalue weighted by Gasteiger charge is 2.38. The van der Waals surface area contributed by atoms with E-state index in [-0.39, 0.29) is 22.8 Å². The number of hydrogen-bond acceptors (Lipinski definition) is 8. The molecule has 0 aliphatic carbocycles. The Labute approximate surface area is 144 Å². The van der Waals surface area contributed by atoms with Crippen LogP contribution in [-0.2, 0) is 10.9 Å². The first-order chi connectivity index (χ1) is 12.2. The van der Waals surface area contributed by atoms with E-state index in [0.717, 1.165) is 0 Å². The topological polar surface area (TPSA) is 104 Å². The minimum absolute atomic E-state index is 0.152. The smallest absolute Gasteiger partial charge is 0.449 e. The van der Waals surface area contributed by atoms with Crippen molar-refractivity contribution in [3.8, 4) is 11.4 Å². The molecule has 0 unspecified atom stereocenters. The third-order valence-corrected chi connectivity index (χ3v) is 3.22. The van der Waals surface area contributed by atoms with E-state index in [2.05, 4.69) is 24.8 Å². The van der Waals surface area contributed by atoms with Crippen molar-refractivity contribution in [3.63, 3.8) is 0 Å². The molecule has 11 heteroatoms. The van der Waals surface area contributed by atoms with Gasteiger partial charge >= 0.3 is 18.0 Å². The second-order valence-electron chi connectivity index (χ2n) is 5.23. The van der Waals surface area contributed by atoms with Crippen LogP contribution >= 0.6 is 0 Å². The van der Waals surface area contributed by atoms with E-state index in [0.29, 0.717) is 5.82 Å². The molecule has 2 heterocycles. The fraction of sp³-hybridized carbons (Fsp3) is 0.267. The van der Waals surface area contributed by atoms with Crippen molar-refractivity contribution in [2.45, 2.75) is 26.1 Å². The van der Waals surface area contributed by atoms with Gasteiger partial charge in [-0.2, -0.15) is 23.1 Å². The summed E-state index contributed by atoms with van der Waals surface area (Å²) in [4.78, 5) is 19.3. The molecule has 3 aromatic rings. The normalized spacial score (nSPS) is 12.8. The average molecular weight is 368 g/mol. The molecule has 26 heavy (non-hydrogen) atoms. The summed E-state index contributed by atoms with van der Waals surface area (Å²) in [6, 6.07) is 5.49. The second kappa shape index (κ2) is 6.58. The van der Waals surface area contributed by atoms with E-state index >= 15 is 0 Å². The molecule has 2 aromatic heterocycles. The van der Waals surface area contributed by atoms with Gasteiger partial charge < -0.3 is 13.8 Å². The first kappa shape index (κ1) is 17.6. The van der Waals surface area contributed by atoms with Crippen LogP contribution in [0.2, 0.25) is 0 Å². The van der Waals surface area contributed by atoms with Crippen molar-refractivity contribution < 1.29 is 31.7 Å². The number of ether oxygens (including phenoxy) is 1. The first-order valence-corrected chi connectivity index (χ1v) is 7.26. The number of carbonyl (C=O) groups is 1. The van der Waals surface area contributed by atoms with Crippen molar-refractivity contribution in [2.24, 2.45) is 0 Å². The van der Waals surface area contributed by atoms with Crippen LogP contribution in [0.3, 0.4) is 0 Å². The molecule has 0 saturated carbocycles. The van der Waals surface area contributed by atoms with Crippen LogP contribution in [0.25, 0.3) is 11.4 Å². The lowest BCUT2D eigenvalue weighted by Crippen LogP contribution is -2.09. The van der Waals surface area contributed by atoms with Gasteiger partial charge in [-0.3, -0.25) is 0 Å². The number of esters is 1. The van der Waals surface area contributed by atoms with Crippen LogP contribution in [0, 0.1) is 6.92 Å². The van der Waals surface area contributed by atoms with Gasteiger partial charge in [0.05, 0.1) is 5.56 Å². The number of halogens is 3. The lowest BCUT2D eigenvalue weighted by Gasteiger charge is -2.09. The van der Waals surface area contributed by atoms with Gasteiger partial charge in [-0.1, -0.05) is 22.4 Å². The summed E-state index contributed by atoms with van der Waals surface area (Å²) in [5, 5.41) is 6.87. The predicted octanol–water partition coefficient (Wildman–Crippen LogP) is 3.36. The fourth-order valence-corrected chi connectivity index (χ4v) is 1.97. The van der Waals surface area contributed by atoms with Crippen LogP contribution in [-0.4, -0.2) is 26.3 Å². The number of rotatable bonds is 4. The van der Waals surface area contributed by atoms with Crippen LogP contribution in [0.4, 0.5) is 13.2 Å². The standard InChI is InChI=1S/C15H11F3N4O4/c1-7(12-19-8(2)21-25-12)24-13(23)10-5-3-9(4-6-10)11-20-14(26-22-11)15(16,17)18/h3-7H,1-2H3/t7-/m1/s1. The predicted molar refractivity (Wildman–Crippen MR) is 77.6 cm³/mol. The molecule has 0 radical (unpaired) electrons. The highest BCUT2D eigenvalue weighted by molar-refractivity contribution is 5.90. The Bertz CT molecular complexity index is 918. The molecule has 0 aliphatic rings. The summed E-state index contributed by atoms with van der Waals surface area (Å²) < 4.78 is 51.7.